The van der Waals surface area contributed by atoms with Crippen molar-refractivity contribution in [2.45, 2.75) is 20.0 Å². The van der Waals surface area contributed by atoms with E-state index < -0.39 is 7.94 Å². The van der Waals surface area contributed by atoms with Gasteiger partial charge < -0.3 is 0 Å². The first-order valence-electron chi connectivity index (χ1n) is 5.24. The van der Waals surface area contributed by atoms with Gasteiger partial charge in [-0.1, -0.05) is 0 Å². The Hall–Kier alpha value is -0.470. The van der Waals surface area contributed by atoms with E-state index >= 15 is 0 Å². The van der Waals surface area contributed by atoms with Gasteiger partial charge >= 0.3 is 91.0 Å². The molecule has 1 rings (SSSR count). The predicted octanol–water partition coefficient (Wildman–Crippen LogP) is 2.75. The van der Waals surface area contributed by atoms with Crippen LogP contribution in [0.2, 0.25) is 0 Å². The van der Waals surface area contributed by atoms with Gasteiger partial charge in [0, 0.05) is 0 Å². The molecule has 0 heterocycles. The Morgan fingerprint density at radius 1 is 1.07 bits per heavy atom. The van der Waals surface area contributed by atoms with Crippen molar-refractivity contribution in [1.82, 2.24) is 0 Å². The number of benzene rings is 1. The SMILES string of the molecule is CCO[PH](O)(Cc1ccccc1)OCC. The normalized spacial score (nSPS) is 12.7. The fraction of sp³-hybridized carbons (Fsp3) is 0.455. The molecule has 0 spiro atoms. The molecule has 0 saturated carbocycles. The summed E-state index contributed by atoms with van der Waals surface area (Å²) in [6.45, 7) is 4.69. The molecule has 0 amide bonds. The first-order chi connectivity index (χ1) is 7.20. The van der Waals surface area contributed by atoms with Gasteiger partial charge in [0.05, 0.1) is 0 Å². The summed E-state index contributed by atoms with van der Waals surface area (Å²) < 4.78 is 10.7. The molecular formula is C11H19O3P. The summed E-state index contributed by atoms with van der Waals surface area (Å²) in [4.78, 5) is 10.2. The average molecular weight is 230 g/mol. The van der Waals surface area contributed by atoms with Crippen LogP contribution in [0.3, 0.4) is 0 Å². The van der Waals surface area contributed by atoms with E-state index in [1.807, 2.05) is 44.2 Å². The summed E-state index contributed by atoms with van der Waals surface area (Å²) in [5, 5.41) is 0. The van der Waals surface area contributed by atoms with Crippen LogP contribution in [0.15, 0.2) is 30.3 Å². The van der Waals surface area contributed by atoms with Crippen molar-refractivity contribution in [3.05, 3.63) is 35.9 Å². The van der Waals surface area contributed by atoms with E-state index in [4.69, 9.17) is 9.05 Å². The summed E-state index contributed by atoms with van der Waals surface area (Å²) in [5.41, 5.74) is 1.05. The summed E-state index contributed by atoms with van der Waals surface area (Å²) in [6.07, 6.45) is 0.482. The second-order valence-corrected chi connectivity index (χ2v) is 5.60. The Bertz CT molecular complexity index is 270. The molecule has 15 heavy (non-hydrogen) atoms. The van der Waals surface area contributed by atoms with E-state index in [0.717, 1.165) is 5.56 Å². The van der Waals surface area contributed by atoms with Crippen molar-refractivity contribution in [2.75, 3.05) is 13.2 Å². The van der Waals surface area contributed by atoms with Crippen molar-refractivity contribution in [2.24, 2.45) is 0 Å². The Kier molecular flexibility index (Phi) is 5.20. The summed E-state index contributed by atoms with van der Waals surface area (Å²) in [7, 11) is -2.99. The van der Waals surface area contributed by atoms with Gasteiger partial charge in [0.1, 0.15) is 0 Å². The standard InChI is InChI=1S/C11H19O3P/c1-3-13-15(12,14-4-2)10-11-8-6-5-7-9-11/h5-9,12,15H,3-4,10H2,1-2H3. The van der Waals surface area contributed by atoms with E-state index in [1.54, 1.807) is 0 Å². The fourth-order valence-electron chi connectivity index (χ4n) is 1.45. The maximum atomic E-state index is 10.2. The van der Waals surface area contributed by atoms with Gasteiger partial charge in [0.25, 0.3) is 0 Å². The van der Waals surface area contributed by atoms with Gasteiger partial charge in [-0.25, -0.2) is 0 Å². The zero-order valence-electron chi connectivity index (χ0n) is 9.27. The molecule has 0 unspecified atom stereocenters. The van der Waals surface area contributed by atoms with Gasteiger partial charge in [-0.05, 0) is 0 Å². The Balaban J connectivity index is 2.66. The van der Waals surface area contributed by atoms with Gasteiger partial charge in [-0.15, -0.1) is 0 Å². The second kappa shape index (κ2) is 6.19. The van der Waals surface area contributed by atoms with Crippen LogP contribution in [-0.4, -0.2) is 18.1 Å². The molecule has 0 fully saturated rings. The molecule has 0 aliphatic rings. The van der Waals surface area contributed by atoms with Gasteiger partial charge in [0.2, 0.25) is 0 Å². The monoisotopic (exact) mass is 230 g/mol. The van der Waals surface area contributed by atoms with Crippen LogP contribution in [0.5, 0.6) is 0 Å². The molecule has 1 aromatic carbocycles. The Morgan fingerprint density at radius 2 is 1.60 bits per heavy atom. The molecule has 0 aromatic heterocycles. The van der Waals surface area contributed by atoms with E-state index in [1.165, 1.54) is 0 Å². The van der Waals surface area contributed by atoms with Crippen LogP contribution in [0.1, 0.15) is 19.4 Å². The third kappa shape index (κ3) is 4.27. The zero-order valence-corrected chi connectivity index (χ0v) is 10.3. The van der Waals surface area contributed by atoms with Gasteiger partial charge in [0.15, 0.2) is 0 Å². The van der Waals surface area contributed by atoms with Crippen LogP contribution in [0, 0.1) is 0 Å². The number of hydrogen-bond donors (Lipinski definition) is 1. The third-order valence-electron chi connectivity index (χ3n) is 2.01. The molecule has 3 nitrogen and oxygen atoms in total. The quantitative estimate of drug-likeness (QED) is 0.764. The molecular weight excluding hydrogens is 211 g/mol. The molecule has 0 aliphatic carbocycles. The van der Waals surface area contributed by atoms with E-state index in [-0.39, 0.29) is 0 Å². The van der Waals surface area contributed by atoms with Crippen molar-refractivity contribution in [1.29, 1.82) is 0 Å². The first kappa shape index (κ1) is 12.6. The minimum absolute atomic E-state index is 0.482. The van der Waals surface area contributed by atoms with E-state index in [0.29, 0.717) is 19.4 Å². The predicted molar refractivity (Wildman–Crippen MR) is 63.9 cm³/mol. The second-order valence-electron chi connectivity index (χ2n) is 3.24. The molecule has 0 saturated heterocycles. The number of rotatable bonds is 6. The Morgan fingerprint density at radius 3 is 2.07 bits per heavy atom. The van der Waals surface area contributed by atoms with Crippen LogP contribution >= 0.6 is 7.94 Å². The maximum absolute atomic E-state index is 10.2. The topological polar surface area (TPSA) is 38.7 Å². The number of hydrogen-bond acceptors (Lipinski definition) is 3. The summed E-state index contributed by atoms with van der Waals surface area (Å²) in [6, 6.07) is 9.78. The molecule has 4 heteroatoms. The molecule has 0 atom stereocenters. The molecule has 0 bridgehead atoms. The van der Waals surface area contributed by atoms with Crippen LogP contribution in [-0.2, 0) is 15.2 Å². The van der Waals surface area contributed by atoms with Crippen molar-refractivity contribution in [3.8, 4) is 0 Å². The van der Waals surface area contributed by atoms with Gasteiger partial charge in [-0.2, -0.15) is 0 Å². The molecule has 1 aromatic rings. The van der Waals surface area contributed by atoms with Crippen LogP contribution < -0.4 is 0 Å². The molecule has 0 aliphatic heterocycles. The summed E-state index contributed by atoms with van der Waals surface area (Å²) in [5.74, 6) is 0. The molecule has 0 radical (unpaired) electrons. The van der Waals surface area contributed by atoms with Gasteiger partial charge in [-0.3, -0.25) is 0 Å². The average Bonchev–Trinajstić information content (AvgIpc) is 2.19. The Labute approximate surface area is 91.6 Å². The molecule has 1 N–H and O–H groups in total. The third-order valence-corrected chi connectivity index (χ3v) is 4.34. The van der Waals surface area contributed by atoms with Crippen molar-refractivity contribution < 1.29 is 13.9 Å². The fourth-order valence-corrected chi connectivity index (χ4v) is 3.39. The van der Waals surface area contributed by atoms with E-state index in [2.05, 4.69) is 0 Å². The first-order valence-corrected chi connectivity index (χ1v) is 7.21. The van der Waals surface area contributed by atoms with Crippen LogP contribution in [0.25, 0.3) is 0 Å². The van der Waals surface area contributed by atoms with Crippen LogP contribution in [0.4, 0.5) is 0 Å². The molecule has 86 valence electrons. The van der Waals surface area contributed by atoms with E-state index in [9.17, 15) is 4.89 Å². The van der Waals surface area contributed by atoms with Crippen molar-refractivity contribution in [3.63, 3.8) is 0 Å². The summed E-state index contributed by atoms with van der Waals surface area (Å²) >= 11 is 0. The minimum atomic E-state index is -2.99. The van der Waals surface area contributed by atoms with Crippen molar-refractivity contribution >= 4 is 7.94 Å². The zero-order chi connectivity index (χ0) is 11.1.